The normalized spacial score (nSPS) is 21.5. The summed E-state index contributed by atoms with van der Waals surface area (Å²) >= 11 is 1.03. The first kappa shape index (κ1) is 32.2. The Morgan fingerprint density at radius 3 is 2.34 bits per heavy atom. The van der Waals surface area contributed by atoms with Crippen molar-refractivity contribution in [3.05, 3.63) is 47.1 Å². The van der Waals surface area contributed by atoms with E-state index in [0.29, 0.717) is 34.9 Å². The molecule has 8 nitrogen and oxygen atoms in total. The number of thiazole rings is 1. The maximum absolute atomic E-state index is 13.8. The van der Waals surface area contributed by atoms with E-state index in [1.165, 1.54) is 18.2 Å². The molecule has 0 aliphatic heterocycles. The Bertz CT molecular complexity index is 1680. The van der Waals surface area contributed by atoms with E-state index in [0.717, 1.165) is 11.3 Å². The quantitative estimate of drug-likeness (QED) is 0.237. The predicted octanol–water partition coefficient (Wildman–Crippen LogP) is 6.15. The average molecular weight is 660 g/mol. The number of amides is 1. The monoisotopic (exact) mass is 659 g/mol. The number of sulfonamides is 1. The summed E-state index contributed by atoms with van der Waals surface area (Å²) in [6.45, 7) is 0.705. The fourth-order valence-electron chi connectivity index (χ4n) is 5.63. The molecule has 1 atom stereocenters. The highest BCUT2D eigenvalue weighted by Crippen LogP contribution is 2.42. The zero-order chi connectivity index (χ0) is 32.0. The van der Waals surface area contributed by atoms with Gasteiger partial charge in [-0.2, -0.15) is 17.9 Å². The Labute approximate surface area is 254 Å². The van der Waals surface area contributed by atoms with E-state index in [2.05, 4.69) is 10.3 Å². The summed E-state index contributed by atoms with van der Waals surface area (Å²) in [5.74, 6) is -4.86. The van der Waals surface area contributed by atoms with Crippen LogP contribution in [0.2, 0.25) is 0 Å². The molecule has 5 rings (SSSR count). The molecule has 15 heteroatoms. The first-order valence-electron chi connectivity index (χ1n) is 14.1. The van der Waals surface area contributed by atoms with Gasteiger partial charge in [-0.1, -0.05) is 30.3 Å². The van der Waals surface area contributed by atoms with Crippen molar-refractivity contribution >= 4 is 44.0 Å². The van der Waals surface area contributed by atoms with Crippen molar-refractivity contribution in [2.24, 2.45) is 11.8 Å². The summed E-state index contributed by atoms with van der Waals surface area (Å²) in [6, 6.07) is 6.26. The number of carboxylic acids is 1. The lowest BCUT2D eigenvalue weighted by Crippen LogP contribution is -2.46. The first-order valence-corrected chi connectivity index (χ1v) is 16.4. The minimum Gasteiger partial charge on any atom is -0.481 e. The number of alkyl halides is 5. The number of nitrogens with zero attached hydrogens (tertiary/aromatic N) is 1. The van der Waals surface area contributed by atoms with Crippen molar-refractivity contribution < 1.29 is 45.1 Å². The molecule has 3 aromatic rings. The third kappa shape index (κ3) is 6.89. The van der Waals surface area contributed by atoms with E-state index in [9.17, 15) is 40.0 Å². The third-order valence-corrected chi connectivity index (χ3v) is 11.0. The Hall–Kier alpha value is -3.17. The van der Waals surface area contributed by atoms with Gasteiger partial charge in [0, 0.05) is 29.8 Å². The molecule has 2 aliphatic rings. The van der Waals surface area contributed by atoms with E-state index in [1.807, 2.05) is 0 Å². The van der Waals surface area contributed by atoms with Gasteiger partial charge in [-0.3, -0.25) is 9.59 Å². The minimum absolute atomic E-state index is 0.0800. The number of rotatable bonds is 9. The molecule has 1 heterocycles. The molecular weight excluding hydrogens is 629 g/mol. The molecule has 0 bridgehead atoms. The number of hydrogen-bond donors (Lipinski definition) is 3. The van der Waals surface area contributed by atoms with Gasteiger partial charge in [-0.05, 0) is 56.4 Å². The number of hydrogen-bond acceptors (Lipinski definition) is 6. The molecule has 1 aromatic heterocycles. The lowest BCUT2D eigenvalue weighted by molar-refractivity contribution is -0.147. The van der Waals surface area contributed by atoms with Crippen LogP contribution in [0.5, 0.6) is 0 Å². The minimum atomic E-state index is -4.80. The number of halogens is 5. The van der Waals surface area contributed by atoms with E-state index in [4.69, 9.17) is 5.11 Å². The number of carbonyl (C=O) groups is 2. The van der Waals surface area contributed by atoms with Crippen molar-refractivity contribution in [2.45, 2.75) is 80.9 Å². The van der Waals surface area contributed by atoms with Crippen LogP contribution >= 0.6 is 11.3 Å². The van der Waals surface area contributed by atoms with Crippen molar-refractivity contribution in [3.8, 4) is 10.4 Å². The molecule has 0 spiro atoms. The highest BCUT2D eigenvalue weighted by molar-refractivity contribution is 7.89. The summed E-state index contributed by atoms with van der Waals surface area (Å²) in [7, 11) is -4.60. The van der Waals surface area contributed by atoms with Crippen molar-refractivity contribution in [2.75, 3.05) is 0 Å². The van der Waals surface area contributed by atoms with Crippen LogP contribution in [0.25, 0.3) is 21.2 Å². The Morgan fingerprint density at radius 2 is 1.73 bits per heavy atom. The zero-order valence-corrected chi connectivity index (χ0v) is 25.1. The molecule has 2 fully saturated rings. The van der Waals surface area contributed by atoms with Crippen molar-refractivity contribution in [1.82, 2.24) is 15.0 Å². The predicted molar refractivity (Wildman–Crippen MR) is 153 cm³/mol. The largest absolute Gasteiger partial charge is 0.481 e. The molecule has 238 valence electrons. The van der Waals surface area contributed by atoms with Gasteiger partial charge in [0.05, 0.1) is 21.4 Å². The number of aliphatic carboxylic acids is 1. The third-order valence-electron chi connectivity index (χ3n) is 8.27. The number of benzene rings is 2. The Morgan fingerprint density at radius 1 is 1.09 bits per heavy atom. The van der Waals surface area contributed by atoms with Crippen LogP contribution in [0.4, 0.5) is 22.0 Å². The molecule has 1 amide bonds. The molecule has 2 aliphatic carbocycles. The summed E-state index contributed by atoms with van der Waals surface area (Å²) in [6.07, 6.45) is -3.97. The van der Waals surface area contributed by atoms with Gasteiger partial charge in [0.1, 0.15) is 6.04 Å². The maximum atomic E-state index is 13.8. The molecular formula is C29H30F5N3O5S2. The van der Waals surface area contributed by atoms with Gasteiger partial charge in [-0.25, -0.2) is 22.2 Å². The van der Waals surface area contributed by atoms with E-state index in [-0.39, 0.29) is 65.8 Å². The average Bonchev–Trinajstić information content (AvgIpc) is 3.33. The summed E-state index contributed by atoms with van der Waals surface area (Å²) < 4.78 is 95.0. The lowest BCUT2D eigenvalue weighted by atomic mass is 9.80. The number of aromatic nitrogens is 1. The molecule has 44 heavy (non-hydrogen) atoms. The van der Waals surface area contributed by atoms with Gasteiger partial charge in [-0.15, -0.1) is 11.3 Å². The molecule has 0 saturated heterocycles. The number of carboxylic acid groups (broad SMARTS) is 1. The van der Waals surface area contributed by atoms with Crippen molar-refractivity contribution in [1.29, 1.82) is 0 Å². The van der Waals surface area contributed by atoms with Crippen LogP contribution in [0, 0.1) is 11.8 Å². The van der Waals surface area contributed by atoms with Crippen LogP contribution in [-0.2, 0) is 21.2 Å². The van der Waals surface area contributed by atoms with E-state index < -0.39 is 46.0 Å². The molecule has 2 aromatic carbocycles. The SMILES string of the molecule is C[C@@H](NS(=O)(=O)c1ccc(-c2sc(C(=O)N[C@H]3C[C@H](C(=O)O)C3)nc2CC2CCC(F)(F)CC2)c2ccccc12)C(F)(F)F. The number of nitrogens with one attached hydrogen (secondary N) is 2. The van der Waals surface area contributed by atoms with Crippen molar-refractivity contribution in [3.63, 3.8) is 0 Å². The summed E-state index contributed by atoms with van der Waals surface area (Å²) in [5.41, 5.74) is 0.961. The highest BCUT2D eigenvalue weighted by Gasteiger charge is 2.40. The smallest absolute Gasteiger partial charge is 0.404 e. The Balaban J connectivity index is 1.52. The summed E-state index contributed by atoms with van der Waals surface area (Å²) in [5, 5.41) is 12.5. The number of carbonyl (C=O) groups excluding carboxylic acids is 1. The molecule has 3 N–H and O–H groups in total. The molecule has 0 radical (unpaired) electrons. The second kappa shape index (κ2) is 12.0. The highest BCUT2D eigenvalue weighted by atomic mass is 32.2. The maximum Gasteiger partial charge on any atom is 0.404 e. The van der Waals surface area contributed by atoms with E-state index in [1.54, 1.807) is 22.9 Å². The van der Waals surface area contributed by atoms with Crippen LogP contribution in [0.15, 0.2) is 41.3 Å². The van der Waals surface area contributed by atoms with Crippen LogP contribution < -0.4 is 10.0 Å². The topological polar surface area (TPSA) is 125 Å². The lowest BCUT2D eigenvalue weighted by Gasteiger charge is -2.32. The number of fused-ring (bicyclic) bond motifs is 1. The van der Waals surface area contributed by atoms with Gasteiger partial charge in [0.25, 0.3) is 5.91 Å². The fraction of sp³-hybridized carbons (Fsp3) is 0.483. The molecule has 2 saturated carbocycles. The second-order valence-electron chi connectivity index (χ2n) is 11.5. The zero-order valence-electron chi connectivity index (χ0n) is 23.5. The van der Waals surface area contributed by atoms with Crippen LogP contribution in [0.1, 0.15) is 60.9 Å². The van der Waals surface area contributed by atoms with Gasteiger partial charge >= 0.3 is 12.1 Å². The van der Waals surface area contributed by atoms with Crippen LogP contribution in [0.3, 0.4) is 0 Å². The fourth-order valence-corrected chi connectivity index (χ4v) is 8.10. The standard InChI is InChI=1S/C29H30F5N3O5S2/c1-15(29(32,33)34)37-44(41,42)23-7-6-21(19-4-2-3-5-20(19)23)24-22(12-16-8-10-28(30,31)11-9-16)36-26(43-24)25(38)35-18-13-17(14-18)27(39)40/h2-7,15-18,37H,8-14H2,1H3,(H,35,38)(H,39,40)/t15-,17-,18-/m1/s1. The van der Waals surface area contributed by atoms with E-state index >= 15 is 0 Å². The Kier molecular flexibility index (Phi) is 8.77. The molecule has 0 unspecified atom stereocenters. The van der Waals surface area contributed by atoms with Gasteiger partial charge in [0.15, 0.2) is 5.01 Å². The van der Waals surface area contributed by atoms with Crippen LogP contribution in [-0.4, -0.2) is 54.6 Å². The second-order valence-corrected chi connectivity index (χ2v) is 14.2. The first-order chi connectivity index (χ1) is 20.5. The van der Waals surface area contributed by atoms with Gasteiger partial charge < -0.3 is 10.4 Å². The van der Waals surface area contributed by atoms with Gasteiger partial charge in [0.2, 0.25) is 15.9 Å². The summed E-state index contributed by atoms with van der Waals surface area (Å²) in [4.78, 5) is 29.0.